The highest BCUT2D eigenvalue weighted by Gasteiger charge is 2.70. The Bertz CT molecular complexity index is 468. The molecule has 0 amide bonds. The van der Waals surface area contributed by atoms with E-state index in [0.717, 1.165) is 18.6 Å². The van der Waals surface area contributed by atoms with Gasteiger partial charge < -0.3 is 0 Å². The van der Waals surface area contributed by atoms with E-state index in [-0.39, 0.29) is 21.4 Å². The fourth-order valence-corrected chi connectivity index (χ4v) is 7.37. The van der Waals surface area contributed by atoms with E-state index < -0.39 is 10.0 Å². The second-order valence-corrected chi connectivity index (χ2v) is 8.18. The molecule has 3 unspecified atom stereocenters. The van der Waals surface area contributed by atoms with Crippen molar-refractivity contribution in [3.05, 3.63) is 0 Å². The molecular formula is C10H14BrNO2S. The Kier molecular flexibility index (Phi) is 1.71. The standard InChI is InChI=1S/C10H14BrNO2S/c1-9(2)6-3-4-10(9)5-15(13,14)12-8(10)7(6)11/h6-7H,3-5H2,1-2H3. The molecule has 0 aromatic heterocycles. The van der Waals surface area contributed by atoms with Gasteiger partial charge in [-0.2, -0.15) is 4.40 Å². The zero-order valence-electron chi connectivity index (χ0n) is 8.83. The lowest BCUT2D eigenvalue weighted by Crippen LogP contribution is -2.37. The fourth-order valence-electron chi connectivity index (χ4n) is 3.83. The van der Waals surface area contributed by atoms with E-state index in [9.17, 15) is 8.42 Å². The normalized spacial score (nSPS) is 49.1. The van der Waals surface area contributed by atoms with Gasteiger partial charge in [0.15, 0.2) is 0 Å². The highest BCUT2D eigenvalue weighted by molar-refractivity contribution is 9.10. The second kappa shape index (κ2) is 2.50. The summed E-state index contributed by atoms with van der Waals surface area (Å²) in [5.74, 6) is 0.785. The predicted molar refractivity (Wildman–Crippen MR) is 62.9 cm³/mol. The molecule has 0 saturated heterocycles. The lowest BCUT2D eigenvalue weighted by molar-refractivity contribution is 0.200. The largest absolute Gasteiger partial charge is 0.254 e. The molecule has 2 fully saturated rings. The Morgan fingerprint density at radius 3 is 2.73 bits per heavy atom. The lowest BCUT2D eigenvalue weighted by atomic mass is 9.70. The van der Waals surface area contributed by atoms with Gasteiger partial charge in [0.1, 0.15) is 0 Å². The molecule has 3 rings (SSSR count). The van der Waals surface area contributed by atoms with Crippen molar-refractivity contribution in [2.45, 2.75) is 31.5 Å². The monoisotopic (exact) mass is 291 g/mol. The quantitative estimate of drug-likeness (QED) is 0.641. The number of sulfonamides is 1. The molecule has 15 heavy (non-hydrogen) atoms. The first-order valence-electron chi connectivity index (χ1n) is 5.27. The van der Waals surface area contributed by atoms with Crippen LogP contribution in [0.4, 0.5) is 0 Å². The van der Waals surface area contributed by atoms with Crippen LogP contribution >= 0.6 is 15.9 Å². The molecule has 1 aliphatic heterocycles. The van der Waals surface area contributed by atoms with Crippen LogP contribution in [0.25, 0.3) is 0 Å². The third-order valence-electron chi connectivity index (χ3n) is 4.81. The molecule has 3 nitrogen and oxygen atoms in total. The van der Waals surface area contributed by atoms with Gasteiger partial charge in [0.05, 0.1) is 16.3 Å². The van der Waals surface area contributed by atoms with Crippen LogP contribution in [-0.4, -0.2) is 24.7 Å². The number of fused-ring (bicyclic) bond motifs is 1. The van der Waals surface area contributed by atoms with Gasteiger partial charge in [-0.15, -0.1) is 0 Å². The highest BCUT2D eigenvalue weighted by Crippen LogP contribution is 2.67. The minimum absolute atomic E-state index is 0.0730. The molecule has 1 heterocycles. The van der Waals surface area contributed by atoms with Crippen molar-refractivity contribution in [3.63, 3.8) is 0 Å². The molecule has 0 N–H and O–H groups in total. The topological polar surface area (TPSA) is 46.5 Å². The number of hydrogen-bond acceptors (Lipinski definition) is 2. The van der Waals surface area contributed by atoms with E-state index in [4.69, 9.17) is 0 Å². The van der Waals surface area contributed by atoms with E-state index in [1.54, 1.807) is 0 Å². The van der Waals surface area contributed by atoms with Gasteiger partial charge in [-0.3, -0.25) is 0 Å². The molecule has 0 aromatic rings. The second-order valence-electron chi connectivity index (χ2n) is 5.55. The van der Waals surface area contributed by atoms with Crippen LogP contribution in [0.2, 0.25) is 0 Å². The third kappa shape index (κ3) is 0.971. The van der Waals surface area contributed by atoms with Crippen LogP contribution < -0.4 is 0 Å². The van der Waals surface area contributed by atoms with Crippen LogP contribution in [0.5, 0.6) is 0 Å². The SMILES string of the molecule is CC1(C)C2CCC13CS(=O)(=O)N=C3C2Br. The van der Waals surface area contributed by atoms with Crippen molar-refractivity contribution < 1.29 is 8.42 Å². The molecule has 2 bridgehead atoms. The van der Waals surface area contributed by atoms with E-state index in [1.165, 1.54) is 0 Å². The first kappa shape index (κ1) is 10.3. The number of nitrogens with zero attached hydrogens (tertiary/aromatic N) is 1. The van der Waals surface area contributed by atoms with Crippen molar-refractivity contribution in [1.82, 2.24) is 0 Å². The molecular weight excluding hydrogens is 278 g/mol. The maximum absolute atomic E-state index is 11.7. The summed E-state index contributed by atoms with van der Waals surface area (Å²) in [5.41, 5.74) is 0.817. The van der Waals surface area contributed by atoms with Crippen molar-refractivity contribution in [3.8, 4) is 0 Å². The molecule has 0 aromatic carbocycles. The van der Waals surface area contributed by atoms with Gasteiger partial charge in [-0.05, 0) is 24.2 Å². The number of alkyl halides is 1. The van der Waals surface area contributed by atoms with Crippen molar-refractivity contribution in [2.75, 3.05) is 5.75 Å². The maximum atomic E-state index is 11.7. The summed E-state index contributed by atoms with van der Waals surface area (Å²) in [7, 11) is -3.20. The van der Waals surface area contributed by atoms with E-state index in [1.807, 2.05) is 0 Å². The Morgan fingerprint density at radius 1 is 1.47 bits per heavy atom. The Balaban J connectivity index is 2.26. The predicted octanol–water partition coefficient (Wildman–Crippen LogP) is 1.97. The summed E-state index contributed by atoms with van der Waals surface area (Å²) in [6.45, 7) is 4.39. The molecule has 2 aliphatic carbocycles. The molecule has 3 atom stereocenters. The number of rotatable bonds is 0. The lowest BCUT2D eigenvalue weighted by Gasteiger charge is -2.33. The van der Waals surface area contributed by atoms with Crippen LogP contribution in [0.15, 0.2) is 4.40 Å². The summed E-state index contributed by atoms with van der Waals surface area (Å²) in [6, 6.07) is 0. The van der Waals surface area contributed by atoms with Crippen LogP contribution in [0.1, 0.15) is 26.7 Å². The minimum atomic E-state index is -3.20. The summed E-state index contributed by atoms with van der Waals surface area (Å²) in [4.78, 5) is 0.179. The zero-order chi connectivity index (χ0) is 11.1. The molecule has 84 valence electrons. The molecule has 3 aliphatic rings. The summed E-state index contributed by atoms with van der Waals surface area (Å²) < 4.78 is 27.3. The third-order valence-corrected chi connectivity index (χ3v) is 7.22. The van der Waals surface area contributed by atoms with E-state index >= 15 is 0 Å². The Hall–Kier alpha value is 0.1000. The summed E-state index contributed by atoms with van der Waals surface area (Å²) in [5, 5.41) is 0. The van der Waals surface area contributed by atoms with Gasteiger partial charge in [0, 0.05) is 5.41 Å². The van der Waals surface area contributed by atoms with Gasteiger partial charge in [0.25, 0.3) is 10.0 Å². The average molecular weight is 292 g/mol. The maximum Gasteiger partial charge on any atom is 0.254 e. The molecule has 2 saturated carbocycles. The number of hydrogen-bond donors (Lipinski definition) is 0. The van der Waals surface area contributed by atoms with Gasteiger partial charge in [-0.25, -0.2) is 8.42 Å². The molecule has 5 heteroatoms. The minimum Gasteiger partial charge on any atom is -0.205 e. The van der Waals surface area contributed by atoms with E-state index in [0.29, 0.717) is 5.92 Å². The summed E-state index contributed by atoms with van der Waals surface area (Å²) in [6.07, 6.45) is 2.11. The fraction of sp³-hybridized carbons (Fsp3) is 0.900. The van der Waals surface area contributed by atoms with Crippen LogP contribution in [-0.2, 0) is 10.0 Å². The Labute approximate surface area is 98.5 Å². The number of halogens is 1. The van der Waals surface area contributed by atoms with Gasteiger partial charge in [-0.1, -0.05) is 29.8 Å². The van der Waals surface area contributed by atoms with Crippen LogP contribution in [0.3, 0.4) is 0 Å². The summed E-state index contributed by atoms with van der Waals surface area (Å²) >= 11 is 3.63. The van der Waals surface area contributed by atoms with Crippen LogP contribution in [0, 0.1) is 16.7 Å². The van der Waals surface area contributed by atoms with Gasteiger partial charge in [0.2, 0.25) is 0 Å². The highest BCUT2D eigenvalue weighted by atomic mass is 79.9. The first-order chi connectivity index (χ1) is 6.80. The van der Waals surface area contributed by atoms with Crippen molar-refractivity contribution in [2.24, 2.45) is 21.1 Å². The van der Waals surface area contributed by atoms with Crippen molar-refractivity contribution in [1.29, 1.82) is 0 Å². The zero-order valence-corrected chi connectivity index (χ0v) is 11.2. The first-order valence-corrected chi connectivity index (χ1v) is 7.80. The van der Waals surface area contributed by atoms with Crippen molar-refractivity contribution >= 4 is 31.7 Å². The smallest absolute Gasteiger partial charge is 0.205 e. The molecule has 1 spiro atoms. The Morgan fingerprint density at radius 2 is 2.13 bits per heavy atom. The molecule has 0 radical (unpaired) electrons. The van der Waals surface area contributed by atoms with Gasteiger partial charge >= 0.3 is 0 Å². The average Bonchev–Trinajstić information content (AvgIpc) is 2.54. The van der Waals surface area contributed by atoms with E-state index in [2.05, 4.69) is 34.2 Å².